The quantitative estimate of drug-likeness (QED) is 0.392. The molecule has 0 atom stereocenters. The van der Waals surface area contributed by atoms with Gasteiger partial charge in [0, 0.05) is 16.8 Å². The average Bonchev–Trinajstić information content (AvgIpc) is 3.30. The van der Waals surface area contributed by atoms with Gasteiger partial charge in [-0.3, -0.25) is 4.79 Å². The summed E-state index contributed by atoms with van der Waals surface area (Å²) in [5.74, 6) is -0.751. The summed E-state index contributed by atoms with van der Waals surface area (Å²) >= 11 is 5.99. The number of hydrogen-bond acceptors (Lipinski definition) is 5. The highest BCUT2D eigenvalue weighted by Crippen LogP contribution is 2.28. The van der Waals surface area contributed by atoms with Gasteiger partial charge in [-0.2, -0.15) is 5.10 Å². The third kappa shape index (κ3) is 5.22. The summed E-state index contributed by atoms with van der Waals surface area (Å²) < 4.78 is 12.1. The first-order valence-corrected chi connectivity index (χ1v) is 10.4. The number of rotatable bonds is 7. The molecule has 7 nitrogen and oxygen atoms in total. The van der Waals surface area contributed by atoms with Crippen molar-refractivity contribution < 1.29 is 19.1 Å². The molecule has 3 aromatic carbocycles. The Morgan fingerprint density at radius 3 is 2.39 bits per heavy atom. The molecule has 0 saturated heterocycles. The molecule has 1 heterocycles. The molecule has 0 aliphatic carbocycles. The third-order valence-corrected chi connectivity index (χ3v) is 5.01. The molecule has 0 aliphatic rings. The standard InChI is InChI=1S/C25H20ClN3O4/c1-32-22-13-12-18(26)14-21(22)27-23(30)16-33-25(31)20-15-29(19-10-6-3-7-11-19)28-24(20)17-8-4-2-5-9-17/h2-15H,16H2,1H3,(H,27,30). The largest absolute Gasteiger partial charge is 0.495 e. The van der Waals surface area contributed by atoms with Gasteiger partial charge in [0.1, 0.15) is 17.0 Å². The number of carbonyl (C=O) groups excluding carboxylic acids is 2. The molecule has 4 aromatic rings. The number of para-hydroxylation sites is 1. The van der Waals surface area contributed by atoms with Crippen LogP contribution in [0.3, 0.4) is 0 Å². The van der Waals surface area contributed by atoms with Crippen molar-refractivity contribution >= 4 is 29.2 Å². The minimum absolute atomic E-state index is 0.248. The number of halogens is 1. The smallest absolute Gasteiger partial charge is 0.342 e. The SMILES string of the molecule is COc1ccc(Cl)cc1NC(=O)COC(=O)c1cn(-c2ccccc2)nc1-c1ccccc1. The molecule has 1 N–H and O–H groups in total. The minimum Gasteiger partial charge on any atom is -0.495 e. The second kappa shape index (κ2) is 10.0. The zero-order valence-electron chi connectivity index (χ0n) is 17.7. The van der Waals surface area contributed by atoms with Crippen LogP contribution in [0.2, 0.25) is 5.02 Å². The number of methoxy groups -OCH3 is 1. The highest BCUT2D eigenvalue weighted by Gasteiger charge is 2.21. The van der Waals surface area contributed by atoms with Crippen LogP contribution in [0.1, 0.15) is 10.4 Å². The Morgan fingerprint density at radius 1 is 1.00 bits per heavy atom. The number of hydrogen-bond donors (Lipinski definition) is 1. The fraction of sp³-hybridized carbons (Fsp3) is 0.0800. The van der Waals surface area contributed by atoms with Crippen LogP contribution < -0.4 is 10.1 Å². The molecular formula is C25H20ClN3O4. The van der Waals surface area contributed by atoms with Crippen LogP contribution >= 0.6 is 11.6 Å². The molecule has 166 valence electrons. The van der Waals surface area contributed by atoms with Crippen LogP contribution in [-0.4, -0.2) is 35.4 Å². The molecule has 1 amide bonds. The normalized spacial score (nSPS) is 10.5. The van der Waals surface area contributed by atoms with Crippen molar-refractivity contribution in [3.05, 3.63) is 95.6 Å². The number of aromatic nitrogens is 2. The predicted octanol–water partition coefficient (Wildman–Crippen LogP) is 5.00. The van der Waals surface area contributed by atoms with Crippen LogP contribution in [0, 0.1) is 0 Å². The Morgan fingerprint density at radius 2 is 1.70 bits per heavy atom. The highest BCUT2D eigenvalue weighted by atomic mass is 35.5. The van der Waals surface area contributed by atoms with E-state index in [1.54, 1.807) is 29.1 Å². The summed E-state index contributed by atoms with van der Waals surface area (Å²) in [6.45, 7) is -0.487. The topological polar surface area (TPSA) is 82.5 Å². The summed E-state index contributed by atoms with van der Waals surface area (Å²) in [5.41, 5.74) is 2.64. The van der Waals surface area contributed by atoms with E-state index in [0.717, 1.165) is 11.3 Å². The van der Waals surface area contributed by atoms with Gasteiger partial charge in [0.15, 0.2) is 6.61 Å². The third-order valence-electron chi connectivity index (χ3n) is 4.77. The van der Waals surface area contributed by atoms with E-state index in [-0.39, 0.29) is 5.56 Å². The van der Waals surface area contributed by atoms with Gasteiger partial charge in [0.05, 0.1) is 18.5 Å². The predicted molar refractivity (Wildman–Crippen MR) is 126 cm³/mol. The molecule has 0 unspecified atom stereocenters. The molecule has 8 heteroatoms. The van der Waals surface area contributed by atoms with E-state index in [1.165, 1.54) is 7.11 Å². The lowest BCUT2D eigenvalue weighted by molar-refractivity contribution is -0.119. The Kier molecular flexibility index (Phi) is 6.71. The Hall–Kier alpha value is -4.10. The highest BCUT2D eigenvalue weighted by molar-refractivity contribution is 6.31. The number of nitrogens with zero attached hydrogens (tertiary/aromatic N) is 2. The van der Waals surface area contributed by atoms with Gasteiger partial charge >= 0.3 is 5.97 Å². The van der Waals surface area contributed by atoms with E-state index in [9.17, 15) is 9.59 Å². The molecular weight excluding hydrogens is 442 g/mol. The molecule has 1 aromatic heterocycles. The maximum atomic E-state index is 12.9. The van der Waals surface area contributed by atoms with Crippen LogP contribution in [0.5, 0.6) is 5.75 Å². The van der Waals surface area contributed by atoms with Gasteiger partial charge in [0.2, 0.25) is 0 Å². The number of amides is 1. The van der Waals surface area contributed by atoms with E-state index in [1.807, 2.05) is 60.7 Å². The fourth-order valence-corrected chi connectivity index (χ4v) is 3.39. The summed E-state index contributed by atoms with van der Waals surface area (Å²) in [7, 11) is 1.48. The Bertz CT molecular complexity index is 1270. The molecule has 4 rings (SSSR count). The van der Waals surface area contributed by atoms with E-state index < -0.39 is 18.5 Å². The second-order valence-electron chi connectivity index (χ2n) is 7.01. The second-order valence-corrected chi connectivity index (χ2v) is 7.44. The first-order valence-electron chi connectivity index (χ1n) is 10.1. The molecule has 33 heavy (non-hydrogen) atoms. The number of carbonyl (C=O) groups is 2. The lowest BCUT2D eigenvalue weighted by Gasteiger charge is -2.11. The van der Waals surface area contributed by atoms with E-state index in [2.05, 4.69) is 10.4 Å². The van der Waals surface area contributed by atoms with Gasteiger partial charge in [-0.15, -0.1) is 0 Å². The van der Waals surface area contributed by atoms with Gasteiger partial charge < -0.3 is 14.8 Å². The number of nitrogens with one attached hydrogen (secondary N) is 1. The van der Waals surface area contributed by atoms with E-state index >= 15 is 0 Å². The summed E-state index contributed by atoms with van der Waals surface area (Å²) in [6.07, 6.45) is 1.60. The number of anilines is 1. The van der Waals surface area contributed by atoms with E-state index in [0.29, 0.717) is 22.2 Å². The minimum atomic E-state index is -0.663. The van der Waals surface area contributed by atoms with Crippen molar-refractivity contribution in [3.63, 3.8) is 0 Å². The Labute approximate surface area is 195 Å². The van der Waals surface area contributed by atoms with Gasteiger partial charge in [-0.25, -0.2) is 9.48 Å². The first-order chi connectivity index (χ1) is 16.0. The first kappa shape index (κ1) is 22.1. The van der Waals surface area contributed by atoms with Crippen molar-refractivity contribution in [1.29, 1.82) is 0 Å². The van der Waals surface area contributed by atoms with Crippen LogP contribution in [0.15, 0.2) is 85.1 Å². The van der Waals surface area contributed by atoms with Gasteiger partial charge in [-0.1, -0.05) is 60.1 Å². The number of ether oxygens (including phenoxy) is 2. The maximum absolute atomic E-state index is 12.9. The fourth-order valence-electron chi connectivity index (χ4n) is 3.22. The zero-order valence-corrected chi connectivity index (χ0v) is 18.5. The summed E-state index contributed by atoms with van der Waals surface area (Å²) in [5, 5.41) is 7.66. The maximum Gasteiger partial charge on any atom is 0.342 e. The van der Waals surface area contributed by atoms with Crippen LogP contribution in [0.25, 0.3) is 16.9 Å². The van der Waals surface area contributed by atoms with Crippen molar-refractivity contribution in [3.8, 4) is 22.7 Å². The summed E-state index contributed by atoms with van der Waals surface area (Å²) in [6, 6.07) is 23.5. The average molecular weight is 462 g/mol. The van der Waals surface area contributed by atoms with Crippen LogP contribution in [0.4, 0.5) is 5.69 Å². The molecule has 0 aliphatic heterocycles. The lowest BCUT2D eigenvalue weighted by atomic mass is 10.1. The van der Waals surface area contributed by atoms with Crippen molar-refractivity contribution in [2.24, 2.45) is 0 Å². The van der Waals surface area contributed by atoms with Crippen LogP contribution in [-0.2, 0) is 9.53 Å². The zero-order chi connectivity index (χ0) is 23.2. The number of benzene rings is 3. The van der Waals surface area contributed by atoms with Gasteiger partial charge in [-0.05, 0) is 30.3 Å². The van der Waals surface area contributed by atoms with Crippen molar-refractivity contribution in [1.82, 2.24) is 9.78 Å². The molecule has 0 bridgehead atoms. The van der Waals surface area contributed by atoms with Crippen molar-refractivity contribution in [2.75, 3.05) is 19.0 Å². The number of esters is 1. The Balaban J connectivity index is 1.53. The summed E-state index contributed by atoms with van der Waals surface area (Å²) in [4.78, 5) is 25.3. The lowest BCUT2D eigenvalue weighted by Crippen LogP contribution is -2.21. The molecule has 0 spiro atoms. The monoisotopic (exact) mass is 461 g/mol. The molecule has 0 fully saturated rings. The van der Waals surface area contributed by atoms with Gasteiger partial charge in [0.25, 0.3) is 5.91 Å². The molecule has 0 radical (unpaired) electrons. The van der Waals surface area contributed by atoms with Crippen molar-refractivity contribution in [2.45, 2.75) is 0 Å². The van der Waals surface area contributed by atoms with E-state index in [4.69, 9.17) is 21.1 Å². The molecule has 0 saturated carbocycles.